The lowest BCUT2D eigenvalue weighted by atomic mass is 10.1. The number of para-hydroxylation sites is 1. The number of carbonyl (C=O) groups excluding carboxylic acids is 1. The highest BCUT2D eigenvalue weighted by Crippen LogP contribution is 2.25. The second-order valence-electron chi connectivity index (χ2n) is 6.55. The van der Waals surface area contributed by atoms with Gasteiger partial charge in [0, 0.05) is 29.8 Å². The zero-order valence-corrected chi connectivity index (χ0v) is 18.8. The molecule has 1 aromatic heterocycles. The Kier molecular flexibility index (Phi) is 7.64. The van der Waals surface area contributed by atoms with Gasteiger partial charge in [0.05, 0.1) is 16.2 Å². The van der Waals surface area contributed by atoms with Crippen LogP contribution in [0.15, 0.2) is 63.0 Å². The van der Waals surface area contributed by atoms with Crippen LogP contribution in [0, 0.1) is 0 Å². The van der Waals surface area contributed by atoms with E-state index in [1.54, 1.807) is 22.8 Å². The number of benzene rings is 2. The van der Waals surface area contributed by atoms with Gasteiger partial charge in [-0.05, 0) is 44.5 Å². The number of fused-ring (bicyclic) bond motifs is 1. The molecule has 7 heteroatoms. The molecule has 0 fully saturated rings. The monoisotopic (exact) mass is 474 g/mol. The van der Waals surface area contributed by atoms with E-state index in [0.29, 0.717) is 47.8 Å². The summed E-state index contributed by atoms with van der Waals surface area (Å²) in [6, 6.07) is 14.6. The van der Waals surface area contributed by atoms with Crippen LogP contribution in [0.2, 0.25) is 0 Å². The Bertz CT molecular complexity index is 1050. The Morgan fingerprint density at radius 2 is 1.93 bits per heavy atom. The van der Waals surface area contributed by atoms with Gasteiger partial charge >= 0.3 is 0 Å². The first-order valence-electron chi connectivity index (χ1n) is 9.55. The molecule has 0 bridgehead atoms. The van der Waals surface area contributed by atoms with Crippen molar-refractivity contribution in [3.8, 4) is 0 Å². The van der Waals surface area contributed by atoms with Crippen molar-refractivity contribution in [3.05, 3.63) is 68.9 Å². The van der Waals surface area contributed by atoms with Crippen molar-refractivity contribution in [3.63, 3.8) is 0 Å². The number of ether oxygens (including phenoxy) is 1. The number of carbonyl (C=O) groups is 1. The summed E-state index contributed by atoms with van der Waals surface area (Å²) in [5.41, 5.74) is 1.20. The van der Waals surface area contributed by atoms with Crippen LogP contribution in [0.5, 0.6) is 0 Å². The van der Waals surface area contributed by atoms with Gasteiger partial charge in [0.25, 0.3) is 5.56 Å². The first kappa shape index (κ1) is 21.7. The molecule has 0 N–H and O–H groups in total. The fraction of sp³-hybridized carbons (Fsp3) is 0.318. The highest BCUT2D eigenvalue weighted by atomic mass is 79.9. The van der Waals surface area contributed by atoms with E-state index in [4.69, 9.17) is 9.72 Å². The minimum absolute atomic E-state index is 0.00535. The number of halogens is 1. The van der Waals surface area contributed by atoms with Crippen molar-refractivity contribution >= 4 is 44.4 Å². The molecule has 2 aromatic carbocycles. The van der Waals surface area contributed by atoms with Crippen LogP contribution in [0.25, 0.3) is 10.9 Å². The topological polar surface area (TPSA) is 61.2 Å². The average Bonchev–Trinajstić information content (AvgIpc) is 2.73. The van der Waals surface area contributed by atoms with Gasteiger partial charge in [-0.25, -0.2) is 4.98 Å². The second-order valence-corrected chi connectivity index (χ2v) is 8.77. The van der Waals surface area contributed by atoms with Crippen molar-refractivity contribution in [1.82, 2.24) is 9.55 Å². The van der Waals surface area contributed by atoms with E-state index in [0.717, 1.165) is 4.47 Å². The predicted octanol–water partition coefficient (Wildman–Crippen LogP) is 4.95. The van der Waals surface area contributed by atoms with Crippen LogP contribution < -0.4 is 5.56 Å². The van der Waals surface area contributed by atoms with Crippen LogP contribution in [-0.2, 0) is 11.3 Å². The standard InChI is InChI=1S/C22H23BrN2O3S/c1-3-28-14-6-13-25-21(27)18-7-4-5-8-19(18)24-22(25)29-15(2)20(26)16-9-11-17(23)12-10-16/h4-5,7-12,15H,3,6,13-14H2,1-2H3/t15-/m1/s1. The van der Waals surface area contributed by atoms with E-state index in [2.05, 4.69) is 15.9 Å². The molecule has 0 aliphatic heterocycles. The molecule has 3 aromatic rings. The third kappa shape index (κ3) is 5.35. The maximum Gasteiger partial charge on any atom is 0.262 e. The average molecular weight is 475 g/mol. The Morgan fingerprint density at radius 3 is 2.66 bits per heavy atom. The zero-order chi connectivity index (χ0) is 20.8. The maximum absolute atomic E-state index is 13.1. The van der Waals surface area contributed by atoms with Crippen molar-refractivity contribution in [2.45, 2.75) is 37.2 Å². The number of aromatic nitrogens is 2. The van der Waals surface area contributed by atoms with Gasteiger partial charge in [-0.15, -0.1) is 0 Å². The molecule has 0 saturated heterocycles. The maximum atomic E-state index is 13.1. The smallest absolute Gasteiger partial charge is 0.262 e. The predicted molar refractivity (Wildman–Crippen MR) is 121 cm³/mol. The third-order valence-electron chi connectivity index (χ3n) is 4.48. The summed E-state index contributed by atoms with van der Waals surface area (Å²) >= 11 is 4.71. The highest BCUT2D eigenvalue weighted by Gasteiger charge is 2.20. The summed E-state index contributed by atoms with van der Waals surface area (Å²) in [5, 5.41) is 0.769. The minimum atomic E-state index is -0.373. The van der Waals surface area contributed by atoms with E-state index in [9.17, 15) is 9.59 Å². The number of rotatable bonds is 9. The van der Waals surface area contributed by atoms with Crippen LogP contribution in [0.3, 0.4) is 0 Å². The summed E-state index contributed by atoms with van der Waals surface area (Å²) in [6.45, 7) is 5.51. The second kappa shape index (κ2) is 10.2. The molecule has 0 saturated carbocycles. The Labute approximate surface area is 182 Å². The van der Waals surface area contributed by atoms with Crippen molar-refractivity contribution in [2.75, 3.05) is 13.2 Å². The van der Waals surface area contributed by atoms with Crippen molar-refractivity contribution in [1.29, 1.82) is 0 Å². The molecular formula is C22H23BrN2O3S. The molecule has 152 valence electrons. The normalized spacial score (nSPS) is 12.2. The number of Topliss-reactive ketones (excluding diaryl/α,β-unsaturated/α-hetero) is 1. The van der Waals surface area contributed by atoms with Gasteiger partial charge < -0.3 is 4.74 Å². The molecule has 0 radical (unpaired) electrons. The summed E-state index contributed by atoms with van der Waals surface area (Å²) in [5.74, 6) is 0.00535. The summed E-state index contributed by atoms with van der Waals surface area (Å²) in [4.78, 5) is 30.6. The molecule has 3 rings (SSSR count). The molecular weight excluding hydrogens is 452 g/mol. The Hall–Kier alpha value is -1.96. The SMILES string of the molecule is CCOCCCn1c(S[C@H](C)C(=O)c2ccc(Br)cc2)nc2ccccc2c1=O. The largest absolute Gasteiger partial charge is 0.382 e. The van der Waals surface area contributed by atoms with Gasteiger partial charge in [-0.1, -0.05) is 52.0 Å². The zero-order valence-electron chi connectivity index (χ0n) is 16.4. The fourth-order valence-corrected chi connectivity index (χ4v) is 4.24. The first-order chi connectivity index (χ1) is 14.0. The Balaban J connectivity index is 1.90. The van der Waals surface area contributed by atoms with Gasteiger partial charge in [0.1, 0.15) is 0 Å². The molecule has 29 heavy (non-hydrogen) atoms. The van der Waals surface area contributed by atoms with Crippen LogP contribution >= 0.6 is 27.7 Å². The molecule has 1 atom stereocenters. The summed E-state index contributed by atoms with van der Waals surface area (Å²) in [6.07, 6.45) is 0.705. The Morgan fingerprint density at radius 1 is 1.21 bits per heavy atom. The minimum Gasteiger partial charge on any atom is -0.382 e. The van der Waals surface area contributed by atoms with Crippen LogP contribution in [0.4, 0.5) is 0 Å². The lowest BCUT2D eigenvalue weighted by Gasteiger charge is -2.16. The van der Waals surface area contributed by atoms with Gasteiger partial charge in [-0.2, -0.15) is 0 Å². The fourth-order valence-electron chi connectivity index (χ4n) is 2.96. The third-order valence-corrected chi connectivity index (χ3v) is 6.10. The van der Waals surface area contributed by atoms with Crippen LogP contribution in [-0.4, -0.2) is 33.8 Å². The van der Waals surface area contributed by atoms with Crippen molar-refractivity contribution < 1.29 is 9.53 Å². The molecule has 1 heterocycles. The lowest BCUT2D eigenvalue weighted by Crippen LogP contribution is -2.25. The number of hydrogen-bond donors (Lipinski definition) is 0. The number of ketones is 1. The van der Waals surface area contributed by atoms with Gasteiger partial charge in [0.15, 0.2) is 10.9 Å². The molecule has 0 aliphatic carbocycles. The quantitative estimate of drug-likeness (QED) is 0.190. The molecule has 0 aliphatic rings. The van der Waals surface area contributed by atoms with Crippen LogP contribution in [0.1, 0.15) is 30.6 Å². The van der Waals surface area contributed by atoms with E-state index in [1.165, 1.54) is 11.8 Å². The van der Waals surface area contributed by atoms with Crippen molar-refractivity contribution in [2.24, 2.45) is 0 Å². The summed E-state index contributed by atoms with van der Waals surface area (Å²) in [7, 11) is 0. The lowest BCUT2D eigenvalue weighted by molar-refractivity contribution is 0.0993. The first-order valence-corrected chi connectivity index (χ1v) is 11.2. The van der Waals surface area contributed by atoms with E-state index < -0.39 is 0 Å². The highest BCUT2D eigenvalue weighted by molar-refractivity contribution is 9.10. The molecule has 0 spiro atoms. The molecule has 0 amide bonds. The number of thioether (sulfide) groups is 1. The van der Waals surface area contributed by atoms with Gasteiger partial charge in [0.2, 0.25) is 0 Å². The number of hydrogen-bond acceptors (Lipinski definition) is 5. The summed E-state index contributed by atoms with van der Waals surface area (Å²) < 4.78 is 8.00. The number of nitrogens with zero attached hydrogens (tertiary/aromatic N) is 2. The molecule has 5 nitrogen and oxygen atoms in total. The molecule has 0 unspecified atom stereocenters. The van der Waals surface area contributed by atoms with E-state index in [-0.39, 0.29) is 16.6 Å². The van der Waals surface area contributed by atoms with E-state index in [1.807, 2.05) is 44.2 Å². The van der Waals surface area contributed by atoms with Gasteiger partial charge in [-0.3, -0.25) is 14.2 Å². The van der Waals surface area contributed by atoms with E-state index >= 15 is 0 Å².